The highest BCUT2D eigenvalue weighted by atomic mass is 19.1. The van der Waals surface area contributed by atoms with Crippen LogP contribution in [0, 0.1) is 5.82 Å². The molecule has 3 rings (SSSR count). The molecular formula is C15H18FN3O. The lowest BCUT2D eigenvalue weighted by atomic mass is 9.95. The van der Waals surface area contributed by atoms with Gasteiger partial charge in [0.1, 0.15) is 17.7 Å². The van der Waals surface area contributed by atoms with E-state index in [4.69, 9.17) is 10.5 Å². The van der Waals surface area contributed by atoms with Crippen molar-refractivity contribution in [3.05, 3.63) is 47.5 Å². The summed E-state index contributed by atoms with van der Waals surface area (Å²) in [5.41, 5.74) is 7.89. The van der Waals surface area contributed by atoms with Gasteiger partial charge < -0.3 is 10.5 Å². The third-order valence-electron chi connectivity index (χ3n) is 3.59. The van der Waals surface area contributed by atoms with Gasteiger partial charge >= 0.3 is 0 Å². The zero-order valence-corrected chi connectivity index (χ0v) is 11.4. The monoisotopic (exact) mass is 275 g/mol. The smallest absolute Gasteiger partial charge is 0.129 e. The maximum Gasteiger partial charge on any atom is 0.129 e. The Balaban J connectivity index is 1.85. The number of benzene rings is 1. The number of ether oxygens (including phenoxy) is 1. The van der Waals surface area contributed by atoms with Crippen molar-refractivity contribution in [2.45, 2.75) is 38.5 Å². The van der Waals surface area contributed by atoms with E-state index in [1.54, 1.807) is 6.07 Å². The van der Waals surface area contributed by atoms with E-state index in [0.29, 0.717) is 12.2 Å². The van der Waals surface area contributed by atoms with E-state index in [0.717, 1.165) is 24.1 Å². The summed E-state index contributed by atoms with van der Waals surface area (Å²) in [4.78, 5) is 0. The summed E-state index contributed by atoms with van der Waals surface area (Å²) >= 11 is 0. The first kappa shape index (κ1) is 13.1. The van der Waals surface area contributed by atoms with E-state index >= 15 is 0 Å². The number of rotatable bonds is 3. The molecule has 2 atom stereocenters. The SMILES string of the molecule is CCCn1cc(C2C[C@H](N)c3cc(F)ccc3O2)cn1. The molecule has 0 radical (unpaired) electrons. The maximum atomic E-state index is 13.3. The van der Waals surface area contributed by atoms with Gasteiger partial charge in [0.25, 0.3) is 0 Å². The highest BCUT2D eigenvalue weighted by Crippen LogP contribution is 2.39. The molecule has 4 nitrogen and oxygen atoms in total. The number of nitrogens with zero attached hydrogens (tertiary/aromatic N) is 2. The Bertz CT molecular complexity index is 611. The molecule has 0 saturated carbocycles. The van der Waals surface area contributed by atoms with Gasteiger partial charge in [0.15, 0.2) is 0 Å². The summed E-state index contributed by atoms with van der Waals surface area (Å²) in [7, 11) is 0. The number of nitrogens with two attached hydrogens (primary N) is 1. The Labute approximate surface area is 117 Å². The fraction of sp³-hybridized carbons (Fsp3) is 0.400. The number of aryl methyl sites for hydroxylation is 1. The summed E-state index contributed by atoms with van der Waals surface area (Å²) in [6, 6.07) is 4.28. The van der Waals surface area contributed by atoms with Crippen LogP contribution in [0.5, 0.6) is 5.75 Å². The fourth-order valence-electron chi connectivity index (χ4n) is 2.58. The summed E-state index contributed by atoms with van der Waals surface area (Å²) in [6.07, 6.45) is 5.37. The van der Waals surface area contributed by atoms with Crippen molar-refractivity contribution in [1.82, 2.24) is 9.78 Å². The molecule has 1 aromatic carbocycles. The highest BCUT2D eigenvalue weighted by Gasteiger charge is 2.28. The molecule has 0 bridgehead atoms. The zero-order valence-electron chi connectivity index (χ0n) is 11.4. The van der Waals surface area contributed by atoms with E-state index in [9.17, 15) is 4.39 Å². The summed E-state index contributed by atoms with van der Waals surface area (Å²) < 4.78 is 21.1. The molecule has 1 unspecified atom stereocenters. The van der Waals surface area contributed by atoms with Gasteiger partial charge in [-0.1, -0.05) is 6.92 Å². The van der Waals surface area contributed by atoms with Crippen molar-refractivity contribution in [1.29, 1.82) is 0 Å². The standard InChI is InChI=1S/C15H18FN3O/c1-2-5-19-9-10(8-18-19)15-7-13(17)12-6-11(16)3-4-14(12)20-15/h3-4,6,8-9,13,15H,2,5,7,17H2,1H3/t13-,15?/m0/s1. The lowest BCUT2D eigenvalue weighted by Gasteiger charge is -2.29. The molecule has 0 aliphatic carbocycles. The molecule has 5 heteroatoms. The lowest BCUT2D eigenvalue weighted by molar-refractivity contribution is 0.161. The van der Waals surface area contributed by atoms with E-state index in [-0.39, 0.29) is 18.0 Å². The molecule has 0 fully saturated rings. The first-order chi connectivity index (χ1) is 9.67. The minimum atomic E-state index is -0.281. The third kappa shape index (κ3) is 2.41. The van der Waals surface area contributed by atoms with Crippen LogP contribution in [0.3, 0.4) is 0 Å². The Kier molecular flexibility index (Phi) is 3.44. The van der Waals surface area contributed by atoms with Crippen LogP contribution >= 0.6 is 0 Å². The van der Waals surface area contributed by atoms with Crippen molar-refractivity contribution in [2.75, 3.05) is 0 Å². The van der Waals surface area contributed by atoms with E-state index in [1.807, 2.05) is 17.1 Å². The second-order valence-electron chi connectivity index (χ2n) is 5.17. The van der Waals surface area contributed by atoms with Gasteiger partial charge in [0.05, 0.1) is 6.20 Å². The number of hydrogen-bond acceptors (Lipinski definition) is 3. The van der Waals surface area contributed by atoms with Crippen LogP contribution in [0.15, 0.2) is 30.6 Å². The van der Waals surface area contributed by atoms with Gasteiger partial charge in [0, 0.05) is 36.3 Å². The largest absolute Gasteiger partial charge is 0.485 e. The van der Waals surface area contributed by atoms with Gasteiger partial charge in [0.2, 0.25) is 0 Å². The summed E-state index contributed by atoms with van der Waals surface area (Å²) in [6.45, 7) is 3.00. The van der Waals surface area contributed by atoms with Gasteiger partial charge in [-0.2, -0.15) is 5.10 Å². The predicted molar refractivity (Wildman–Crippen MR) is 73.8 cm³/mol. The molecular weight excluding hydrogens is 257 g/mol. The van der Waals surface area contributed by atoms with Crippen molar-refractivity contribution in [3.63, 3.8) is 0 Å². The molecule has 106 valence electrons. The molecule has 0 saturated heterocycles. The van der Waals surface area contributed by atoms with Crippen molar-refractivity contribution >= 4 is 0 Å². The van der Waals surface area contributed by atoms with Crippen LogP contribution in [-0.4, -0.2) is 9.78 Å². The summed E-state index contributed by atoms with van der Waals surface area (Å²) in [5.74, 6) is 0.385. The Morgan fingerprint density at radius 3 is 3.15 bits per heavy atom. The van der Waals surface area contributed by atoms with Crippen LogP contribution in [0.1, 0.15) is 43.0 Å². The molecule has 20 heavy (non-hydrogen) atoms. The van der Waals surface area contributed by atoms with Gasteiger partial charge in [-0.15, -0.1) is 0 Å². The number of fused-ring (bicyclic) bond motifs is 1. The first-order valence-electron chi connectivity index (χ1n) is 6.91. The maximum absolute atomic E-state index is 13.3. The molecule has 1 aliphatic rings. The van der Waals surface area contributed by atoms with Crippen molar-refractivity contribution < 1.29 is 9.13 Å². The first-order valence-corrected chi connectivity index (χ1v) is 6.91. The molecule has 0 amide bonds. The van der Waals surface area contributed by atoms with Crippen molar-refractivity contribution in [3.8, 4) is 5.75 Å². The lowest BCUT2D eigenvalue weighted by Crippen LogP contribution is -2.24. The predicted octanol–water partition coefficient (Wildman–Crippen LogP) is 2.96. The van der Waals surface area contributed by atoms with Gasteiger partial charge in [-0.05, 0) is 24.6 Å². The van der Waals surface area contributed by atoms with Crippen LogP contribution in [0.25, 0.3) is 0 Å². The topological polar surface area (TPSA) is 53.1 Å². The van der Waals surface area contributed by atoms with Gasteiger partial charge in [-0.3, -0.25) is 4.68 Å². The van der Waals surface area contributed by atoms with Crippen molar-refractivity contribution in [2.24, 2.45) is 5.73 Å². The summed E-state index contributed by atoms with van der Waals surface area (Å²) in [5, 5.41) is 4.31. The Morgan fingerprint density at radius 1 is 1.50 bits per heavy atom. The minimum absolute atomic E-state index is 0.117. The molecule has 2 N–H and O–H groups in total. The average Bonchev–Trinajstić information content (AvgIpc) is 2.88. The number of halogens is 1. The van der Waals surface area contributed by atoms with Crippen LogP contribution < -0.4 is 10.5 Å². The normalized spacial score (nSPS) is 21.4. The molecule has 2 aromatic rings. The molecule has 2 heterocycles. The second-order valence-corrected chi connectivity index (χ2v) is 5.17. The fourth-order valence-corrected chi connectivity index (χ4v) is 2.58. The van der Waals surface area contributed by atoms with E-state index < -0.39 is 0 Å². The highest BCUT2D eigenvalue weighted by molar-refractivity contribution is 5.39. The van der Waals surface area contributed by atoms with Gasteiger partial charge in [-0.25, -0.2) is 4.39 Å². The quantitative estimate of drug-likeness (QED) is 0.937. The second kappa shape index (κ2) is 5.25. The number of aromatic nitrogens is 2. The number of hydrogen-bond donors (Lipinski definition) is 1. The van der Waals surface area contributed by atoms with Crippen LogP contribution in [0.4, 0.5) is 4.39 Å². The van der Waals surface area contributed by atoms with Crippen LogP contribution in [-0.2, 0) is 6.54 Å². The third-order valence-corrected chi connectivity index (χ3v) is 3.59. The van der Waals surface area contributed by atoms with Crippen LogP contribution in [0.2, 0.25) is 0 Å². The zero-order chi connectivity index (χ0) is 14.1. The Hall–Kier alpha value is -1.88. The van der Waals surface area contributed by atoms with E-state index in [2.05, 4.69) is 12.0 Å². The molecule has 1 aliphatic heterocycles. The molecule has 1 aromatic heterocycles. The van der Waals surface area contributed by atoms with E-state index in [1.165, 1.54) is 12.1 Å². The average molecular weight is 275 g/mol. The minimum Gasteiger partial charge on any atom is -0.485 e. The Morgan fingerprint density at radius 2 is 2.35 bits per heavy atom. The molecule has 0 spiro atoms.